The topological polar surface area (TPSA) is 78.9 Å². The fourth-order valence-electron chi connectivity index (χ4n) is 8.27. The van der Waals surface area contributed by atoms with Gasteiger partial charge in [-0.25, -0.2) is 0 Å². The zero-order chi connectivity index (χ0) is 54.3. The summed E-state index contributed by atoms with van der Waals surface area (Å²) in [5.74, 6) is -0.937. The minimum Gasteiger partial charge on any atom is -0.462 e. The third-order valence-corrected chi connectivity index (χ3v) is 12.9. The molecule has 0 fully saturated rings. The summed E-state index contributed by atoms with van der Waals surface area (Å²) in [5, 5.41) is 0. The van der Waals surface area contributed by atoms with E-state index in [1.165, 1.54) is 89.9 Å². The largest absolute Gasteiger partial charge is 0.462 e. The van der Waals surface area contributed by atoms with Gasteiger partial charge in [-0.2, -0.15) is 0 Å². The summed E-state index contributed by atoms with van der Waals surface area (Å²) in [6.07, 6.45) is 86.3. The number of allylic oxidation sites excluding steroid dienone is 20. The first-order valence-corrected chi connectivity index (χ1v) is 31.0. The summed E-state index contributed by atoms with van der Waals surface area (Å²) in [4.78, 5) is 38.2. The first-order valence-electron chi connectivity index (χ1n) is 31.0. The van der Waals surface area contributed by atoms with Gasteiger partial charge in [-0.1, -0.05) is 245 Å². The average molecular weight is 1040 g/mol. The molecule has 6 heteroatoms. The van der Waals surface area contributed by atoms with Crippen LogP contribution in [-0.4, -0.2) is 37.2 Å². The molecule has 0 aliphatic rings. The number of ether oxygens (including phenoxy) is 3. The molecule has 0 aromatic heterocycles. The van der Waals surface area contributed by atoms with E-state index in [1.54, 1.807) is 0 Å². The van der Waals surface area contributed by atoms with Crippen molar-refractivity contribution < 1.29 is 28.6 Å². The van der Waals surface area contributed by atoms with E-state index in [9.17, 15) is 14.4 Å². The fraction of sp³-hybridized carbons (Fsp3) is 0.667. The smallest absolute Gasteiger partial charge is 0.306 e. The van der Waals surface area contributed by atoms with Gasteiger partial charge in [0.05, 0.1) is 0 Å². The van der Waals surface area contributed by atoms with E-state index >= 15 is 0 Å². The summed E-state index contributed by atoms with van der Waals surface area (Å²) in [6.45, 7) is 6.47. The number of esters is 3. The quantitative estimate of drug-likeness (QED) is 0.0261. The van der Waals surface area contributed by atoms with Gasteiger partial charge in [-0.3, -0.25) is 14.4 Å². The maximum atomic E-state index is 12.9. The number of unbranched alkanes of at least 4 members (excludes halogenated alkanes) is 24. The van der Waals surface area contributed by atoms with Crippen LogP contribution in [0.25, 0.3) is 0 Å². The minimum absolute atomic E-state index is 0.0955. The minimum atomic E-state index is -0.799. The van der Waals surface area contributed by atoms with Gasteiger partial charge in [0, 0.05) is 19.3 Å². The highest BCUT2D eigenvalue weighted by atomic mass is 16.6. The second-order valence-corrected chi connectivity index (χ2v) is 20.2. The van der Waals surface area contributed by atoms with Gasteiger partial charge in [0.1, 0.15) is 13.2 Å². The molecule has 6 nitrogen and oxygen atoms in total. The molecule has 0 radical (unpaired) electrons. The van der Waals surface area contributed by atoms with Crippen LogP contribution in [0.5, 0.6) is 0 Å². The van der Waals surface area contributed by atoms with Crippen molar-refractivity contribution in [3.05, 3.63) is 122 Å². The second kappa shape index (κ2) is 62.4. The summed E-state index contributed by atoms with van der Waals surface area (Å²) >= 11 is 0. The molecule has 0 N–H and O–H groups in total. The van der Waals surface area contributed by atoms with Crippen LogP contribution < -0.4 is 0 Å². The highest BCUT2D eigenvalue weighted by Crippen LogP contribution is 2.14. The Morgan fingerprint density at radius 2 is 0.520 bits per heavy atom. The molecule has 1 unspecified atom stereocenters. The second-order valence-electron chi connectivity index (χ2n) is 20.2. The van der Waals surface area contributed by atoms with E-state index < -0.39 is 6.10 Å². The Balaban J connectivity index is 4.37. The van der Waals surface area contributed by atoms with E-state index in [2.05, 4.69) is 142 Å². The molecule has 0 amide bonds. The lowest BCUT2D eigenvalue weighted by molar-refractivity contribution is -0.167. The van der Waals surface area contributed by atoms with Crippen LogP contribution >= 0.6 is 0 Å². The average Bonchev–Trinajstić information content (AvgIpc) is 3.41. The Bertz CT molecular complexity index is 1570. The molecule has 0 aromatic rings. The van der Waals surface area contributed by atoms with Gasteiger partial charge in [0.2, 0.25) is 0 Å². The first kappa shape index (κ1) is 70.8. The van der Waals surface area contributed by atoms with Crippen LogP contribution in [0.15, 0.2) is 122 Å². The lowest BCUT2D eigenvalue weighted by Gasteiger charge is -2.18. The van der Waals surface area contributed by atoms with Crippen molar-refractivity contribution >= 4 is 17.9 Å². The van der Waals surface area contributed by atoms with Crippen molar-refractivity contribution in [2.45, 2.75) is 284 Å². The van der Waals surface area contributed by atoms with E-state index in [4.69, 9.17) is 14.2 Å². The zero-order valence-electron chi connectivity index (χ0n) is 48.8. The molecule has 0 heterocycles. The third kappa shape index (κ3) is 60.6. The molecule has 0 spiro atoms. The van der Waals surface area contributed by atoms with E-state index in [0.29, 0.717) is 19.3 Å². The Morgan fingerprint density at radius 1 is 0.280 bits per heavy atom. The molecule has 0 aliphatic carbocycles. The molecule has 0 aromatic carbocycles. The predicted molar refractivity (Wildman–Crippen MR) is 325 cm³/mol. The van der Waals surface area contributed by atoms with Gasteiger partial charge in [-0.05, 0) is 135 Å². The van der Waals surface area contributed by atoms with Crippen LogP contribution in [0.4, 0.5) is 0 Å². The predicted octanol–water partition coefficient (Wildman–Crippen LogP) is 21.2. The van der Waals surface area contributed by atoms with Crippen molar-refractivity contribution in [1.29, 1.82) is 0 Å². The van der Waals surface area contributed by atoms with Gasteiger partial charge in [-0.15, -0.1) is 0 Å². The molecule has 75 heavy (non-hydrogen) atoms. The Kier molecular flexibility index (Phi) is 58.9. The van der Waals surface area contributed by atoms with Gasteiger partial charge < -0.3 is 14.2 Å². The van der Waals surface area contributed by atoms with Crippen molar-refractivity contribution in [3.63, 3.8) is 0 Å². The number of carbonyl (C=O) groups excluding carboxylic acids is 3. The molecular formula is C69H114O6. The highest BCUT2D eigenvalue weighted by molar-refractivity contribution is 5.71. The van der Waals surface area contributed by atoms with Crippen molar-refractivity contribution in [2.24, 2.45) is 0 Å². The number of carbonyl (C=O) groups is 3. The molecule has 426 valence electrons. The third-order valence-electron chi connectivity index (χ3n) is 12.9. The number of hydrogen-bond acceptors (Lipinski definition) is 6. The van der Waals surface area contributed by atoms with Crippen LogP contribution in [0, 0.1) is 0 Å². The van der Waals surface area contributed by atoms with Gasteiger partial charge in [0.25, 0.3) is 0 Å². The molecule has 0 rings (SSSR count). The number of hydrogen-bond donors (Lipinski definition) is 0. The number of rotatable bonds is 55. The fourth-order valence-corrected chi connectivity index (χ4v) is 8.27. The van der Waals surface area contributed by atoms with Gasteiger partial charge >= 0.3 is 17.9 Å². The van der Waals surface area contributed by atoms with Gasteiger partial charge in [0.15, 0.2) is 6.10 Å². The molecular weight excluding hydrogens is 925 g/mol. The summed E-state index contributed by atoms with van der Waals surface area (Å²) < 4.78 is 16.8. The molecule has 0 bridgehead atoms. The van der Waals surface area contributed by atoms with Crippen LogP contribution in [0.1, 0.15) is 278 Å². The zero-order valence-corrected chi connectivity index (χ0v) is 48.8. The standard InChI is InChI=1S/C69H114O6/c1-4-7-10-13-16-19-22-25-27-29-30-31-32-33-34-35-36-37-38-39-40-41-43-44-47-50-53-56-59-62-68(71)74-65-66(64-73-67(70)61-58-55-52-49-46-24-21-18-15-12-9-6-3)75-69(72)63-60-57-54-51-48-45-42-28-26-23-20-17-14-11-8-5-2/h7,10,16,18-19,21,25,27-28,30-31,33-34,36-37,39-40,42-44,66H,4-6,8-9,11-15,17,20,22-24,26,29,32,35,38,41,45-65H2,1-3H3/b10-7-,19-16-,21-18-,27-25-,31-30-,34-33-,37-36-,40-39-,42-28-,44-43-. The normalized spacial score (nSPS) is 12.9. The summed E-state index contributed by atoms with van der Waals surface area (Å²) in [7, 11) is 0. The Hall–Kier alpha value is -4.19. The molecule has 1 atom stereocenters. The Labute approximate surface area is 462 Å². The molecule has 0 saturated carbocycles. The first-order chi connectivity index (χ1) is 37.0. The van der Waals surface area contributed by atoms with E-state index in [1.807, 2.05) is 0 Å². The van der Waals surface area contributed by atoms with Crippen LogP contribution in [-0.2, 0) is 28.6 Å². The van der Waals surface area contributed by atoms with Crippen molar-refractivity contribution in [1.82, 2.24) is 0 Å². The summed E-state index contributed by atoms with van der Waals surface area (Å²) in [6, 6.07) is 0. The lowest BCUT2D eigenvalue weighted by Crippen LogP contribution is -2.30. The highest BCUT2D eigenvalue weighted by Gasteiger charge is 2.19. The van der Waals surface area contributed by atoms with Crippen LogP contribution in [0.3, 0.4) is 0 Å². The summed E-state index contributed by atoms with van der Waals surface area (Å²) in [5.41, 5.74) is 0. The molecule has 0 saturated heterocycles. The maximum Gasteiger partial charge on any atom is 0.306 e. The SMILES string of the molecule is CC/C=C\C/C=C\C/C=C\C/C=C\C/C=C\C/C=C\C/C=C\C/C=C\CCCCCCC(=O)OCC(COC(=O)CCCCCCC/C=C\CCCCC)OC(=O)CCCCCCC/C=C\CCCCCCCCC. The maximum absolute atomic E-state index is 12.9. The monoisotopic (exact) mass is 1040 g/mol. The Morgan fingerprint density at radius 3 is 0.853 bits per heavy atom. The van der Waals surface area contributed by atoms with E-state index in [-0.39, 0.29) is 31.1 Å². The lowest BCUT2D eigenvalue weighted by atomic mass is 10.1. The molecule has 0 aliphatic heterocycles. The van der Waals surface area contributed by atoms with Crippen molar-refractivity contribution in [3.8, 4) is 0 Å². The van der Waals surface area contributed by atoms with E-state index in [0.717, 1.165) is 148 Å². The van der Waals surface area contributed by atoms with Crippen molar-refractivity contribution in [2.75, 3.05) is 13.2 Å². The van der Waals surface area contributed by atoms with Crippen LogP contribution in [0.2, 0.25) is 0 Å².